The Morgan fingerprint density at radius 1 is 1.36 bits per heavy atom. The second kappa shape index (κ2) is 6.90. The first-order valence-electron chi connectivity index (χ1n) is 6.78. The molecule has 8 heteroatoms. The van der Waals surface area contributed by atoms with Gasteiger partial charge in [0.25, 0.3) is 0 Å². The Balaban J connectivity index is 2.42. The molecule has 22 heavy (non-hydrogen) atoms. The molecule has 0 N–H and O–H groups in total. The summed E-state index contributed by atoms with van der Waals surface area (Å²) in [5.74, 6) is 0.345. The van der Waals surface area contributed by atoms with Gasteiger partial charge in [0, 0.05) is 23.6 Å². The third-order valence-corrected chi connectivity index (χ3v) is 5.02. The van der Waals surface area contributed by atoms with Crippen LogP contribution in [-0.4, -0.2) is 28.9 Å². The van der Waals surface area contributed by atoms with E-state index in [1.54, 1.807) is 28.8 Å². The van der Waals surface area contributed by atoms with Gasteiger partial charge in [-0.15, -0.1) is 10.2 Å². The first-order valence-corrected chi connectivity index (χ1v) is 8.81. The molecule has 2 aromatic rings. The van der Waals surface area contributed by atoms with Crippen molar-refractivity contribution in [2.75, 3.05) is 5.75 Å². The smallest absolute Gasteiger partial charge is 0.249 e. The number of benzene rings is 1. The molecular formula is C14H15ClN4O2S. The topological polar surface area (TPSA) is 88.6 Å². The minimum atomic E-state index is -3.57. The average Bonchev–Trinajstić information content (AvgIpc) is 2.92. The number of rotatable bonds is 6. The molecule has 0 unspecified atom stereocenters. The molecule has 1 heterocycles. The van der Waals surface area contributed by atoms with Crippen LogP contribution in [0.2, 0.25) is 5.02 Å². The fraction of sp³-hybridized carbons (Fsp3) is 0.357. The Labute approximate surface area is 134 Å². The van der Waals surface area contributed by atoms with Crippen molar-refractivity contribution in [3.05, 3.63) is 29.3 Å². The molecule has 116 valence electrons. The van der Waals surface area contributed by atoms with Crippen LogP contribution in [0.4, 0.5) is 0 Å². The van der Waals surface area contributed by atoms with Gasteiger partial charge in [-0.2, -0.15) is 5.26 Å². The van der Waals surface area contributed by atoms with Crippen LogP contribution in [0.1, 0.15) is 19.8 Å². The summed E-state index contributed by atoms with van der Waals surface area (Å²) in [7, 11) is -3.57. The molecule has 1 aromatic heterocycles. The van der Waals surface area contributed by atoms with Gasteiger partial charge in [0.05, 0.1) is 11.8 Å². The minimum absolute atomic E-state index is 0.0667. The van der Waals surface area contributed by atoms with Crippen LogP contribution in [-0.2, 0) is 16.4 Å². The number of hydrogen-bond donors (Lipinski definition) is 0. The Kier molecular flexibility index (Phi) is 5.16. The number of nitrogens with zero attached hydrogens (tertiary/aromatic N) is 4. The van der Waals surface area contributed by atoms with E-state index in [0.29, 0.717) is 23.0 Å². The second-order valence-corrected chi connectivity index (χ2v) is 7.08. The predicted molar refractivity (Wildman–Crippen MR) is 83.0 cm³/mol. The number of nitriles is 1. The summed E-state index contributed by atoms with van der Waals surface area (Å²) in [6.45, 7) is 2.24. The number of unbranched alkanes of at least 4 members (excludes halogenated alkanes) is 1. The van der Waals surface area contributed by atoms with Crippen LogP contribution in [0.3, 0.4) is 0 Å². The van der Waals surface area contributed by atoms with Crippen molar-refractivity contribution < 1.29 is 8.42 Å². The maximum atomic E-state index is 12.3. The molecule has 0 aliphatic rings. The molecule has 0 saturated heterocycles. The van der Waals surface area contributed by atoms with Gasteiger partial charge >= 0.3 is 0 Å². The molecule has 0 aliphatic heterocycles. The van der Waals surface area contributed by atoms with Gasteiger partial charge in [-0.3, -0.25) is 4.57 Å². The first kappa shape index (κ1) is 16.5. The lowest BCUT2D eigenvalue weighted by molar-refractivity contribution is 0.567. The maximum Gasteiger partial charge on any atom is 0.249 e. The summed E-state index contributed by atoms with van der Waals surface area (Å²) in [5.41, 5.74) is 0.709. The van der Waals surface area contributed by atoms with Gasteiger partial charge in [0.2, 0.25) is 15.0 Å². The van der Waals surface area contributed by atoms with E-state index in [0.717, 1.165) is 0 Å². The van der Waals surface area contributed by atoms with Crippen LogP contribution in [0.15, 0.2) is 29.4 Å². The normalized spacial score (nSPS) is 11.3. The van der Waals surface area contributed by atoms with E-state index in [2.05, 4.69) is 10.2 Å². The molecule has 6 nitrogen and oxygen atoms in total. The highest BCUT2D eigenvalue weighted by molar-refractivity contribution is 7.91. The molecule has 0 saturated carbocycles. The van der Waals surface area contributed by atoms with Crippen molar-refractivity contribution in [1.82, 2.24) is 14.8 Å². The van der Waals surface area contributed by atoms with Crippen LogP contribution in [0.5, 0.6) is 0 Å². The Hall–Kier alpha value is -1.91. The molecule has 2 rings (SSSR count). The predicted octanol–water partition coefficient (Wildman–Crippen LogP) is 2.70. The van der Waals surface area contributed by atoms with Gasteiger partial charge in [-0.25, -0.2) is 8.42 Å². The maximum absolute atomic E-state index is 12.3. The van der Waals surface area contributed by atoms with Crippen molar-refractivity contribution >= 4 is 21.4 Å². The number of hydrogen-bond acceptors (Lipinski definition) is 5. The first-order chi connectivity index (χ1) is 10.5. The summed E-state index contributed by atoms with van der Waals surface area (Å²) in [5, 5.41) is 16.8. The summed E-state index contributed by atoms with van der Waals surface area (Å²) in [6.07, 6.45) is 0.475. The molecule has 0 bridgehead atoms. The second-order valence-electron chi connectivity index (χ2n) is 4.64. The van der Waals surface area contributed by atoms with Gasteiger partial charge < -0.3 is 0 Å². The minimum Gasteiger partial charge on any atom is -0.298 e. The lowest BCUT2D eigenvalue weighted by atomic mass is 10.2. The lowest BCUT2D eigenvalue weighted by Gasteiger charge is -2.08. The van der Waals surface area contributed by atoms with Gasteiger partial charge in [0.15, 0.2) is 5.82 Å². The SMILES string of the molecule is CCn1c(-c2cccc(Cl)c2)nnc1S(=O)(=O)CCCC#N. The standard InChI is InChI=1S/C14H15ClN4O2S/c1-2-19-13(11-6-5-7-12(15)10-11)17-18-14(19)22(20,21)9-4-3-8-16/h5-7,10H,2-4,9H2,1H3. The summed E-state index contributed by atoms with van der Waals surface area (Å²) < 4.78 is 26.2. The molecule has 0 amide bonds. The van der Waals surface area contributed by atoms with Gasteiger partial charge in [0.1, 0.15) is 0 Å². The van der Waals surface area contributed by atoms with E-state index in [9.17, 15) is 8.42 Å². The average molecular weight is 339 g/mol. The number of aromatic nitrogens is 3. The highest BCUT2D eigenvalue weighted by atomic mass is 35.5. The Morgan fingerprint density at radius 2 is 2.14 bits per heavy atom. The van der Waals surface area contributed by atoms with E-state index in [1.165, 1.54) is 0 Å². The third kappa shape index (κ3) is 3.46. The monoisotopic (exact) mass is 338 g/mol. The van der Waals surface area contributed by atoms with E-state index < -0.39 is 9.84 Å². The van der Waals surface area contributed by atoms with E-state index >= 15 is 0 Å². The fourth-order valence-corrected chi connectivity index (χ4v) is 3.69. The number of halogens is 1. The third-order valence-electron chi connectivity index (χ3n) is 3.10. The van der Waals surface area contributed by atoms with Crippen molar-refractivity contribution in [1.29, 1.82) is 5.26 Å². The van der Waals surface area contributed by atoms with E-state index in [-0.39, 0.29) is 23.8 Å². The summed E-state index contributed by atoms with van der Waals surface area (Å²) in [4.78, 5) is 0. The van der Waals surface area contributed by atoms with E-state index in [4.69, 9.17) is 16.9 Å². The van der Waals surface area contributed by atoms with Crippen molar-refractivity contribution in [2.45, 2.75) is 31.5 Å². The zero-order valence-electron chi connectivity index (χ0n) is 12.0. The molecule has 0 radical (unpaired) electrons. The quantitative estimate of drug-likeness (QED) is 0.755. The van der Waals surface area contributed by atoms with Crippen molar-refractivity contribution in [3.63, 3.8) is 0 Å². The zero-order chi connectivity index (χ0) is 16.2. The van der Waals surface area contributed by atoms with Crippen LogP contribution in [0, 0.1) is 11.3 Å². The zero-order valence-corrected chi connectivity index (χ0v) is 13.6. The molecule has 0 fully saturated rings. The largest absolute Gasteiger partial charge is 0.298 e. The highest BCUT2D eigenvalue weighted by Gasteiger charge is 2.24. The lowest BCUT2D eigenvalue weighted by Crippen LogP contribution is -2.14. The van der Waals surface area contributed by atoms with E-state index in [1.807, 2.05) is 13.0 Å². The number of sulfone groups is 1. The van der Waals surface area contributed by atoms with Crippen LogP contribution < -0.4 is 0 Å². The van der Waals surface area contributed by atoms with Crippen molar-refractivity contribution in [2.24, 2.45) is 0 Å². The van der Waals surface area contributed by atoms with Crippen LogP contribution in [0.25, 0.3) is 11.4 Å². The van der Waals surface area contributed by atoms with Gasteiger partial charge in [-0.1, -0.05) is 23.7 Å². The summed E-state index contributed by atoms with van der Waals surface area (Å²) in [6, 6.07) is 8.95. The van der Waals surface area contributed by atoms with Crippen molar-refractivity contribution in [3.8, 4) is 17.5 Å². The molecule has 0 atom stereocenters. The molecule has 1 aromatic carbocycles. The van der Waals surface area contributed by atoms with Crippen LogP contribution >= 0.6 is 11.6 Å². The Morgan fingerprint density at radius 3 is 2.77 bits per heavy atom. The molecular weight excluding hydrogens is 324 g/mol. The summed E-state index contributed by atoms with van der Waals surface area (Å²) >= 11 is 5.97. The molecule has 0 spiro atoms. The molecule has 0 aliphatic carbocycles. The fourth-order valence-electron chi connectivity index (χ4n) is 2.08. The highest BCUT2D eigenvalue weighted by Crippen LogP contribution is 2.24. The van der Waals surface area contributed by atoms with Gasteiger partial charge in [-0.05, 0) is 25.5 Å². The Bertz CT molecular complexity index is 808.